The van der Waals surface area contributed by atoms with Crippen LogP contribution < -0.4 is 5.32 Å². The molecule has 1 amide bonds. The van der Waals surface area contributed by atoms with Gasteiger partial charge in [-0.25, -0.2) is 0 Å². The monoisotopic (exact) mass is 301 g/mol. The number of rotatable bonds is 7. The van der Waals surface area contributed by atoms with Gasteiger partial charge in [0.1, 0.15) is 0 Å². The van der Waals surface area contributed by atoms with Crippen LogP contribution >= 0.6 is 11.3 Å². The van der Waals surface area contributed by atoms with Crippen LogP contribution in [0.15, 0.2) is 41.8 Å². The number of carbonyl (C=O) groups excluding carboxylic acids is 2. The molecular weight excluding hydrogens is 282 g/mol. The summed E-state index contributed by atoms with van der Waals surface area (Å²) in [5, 5.41) is 4.74. The third-order valence-corrected chi connectivity index (χ3v) is 4.26. The minimum Gasteiger partial charge on any atom is -0.356 e. The van der Waals surface area contributed by atoms with Gasteiger partial charge in [-0.15, -0.1) is 11.3 Å². The number of hydrogen-bond acceptors (Lipinski definition) is 3. The highest BCUT2D eigenvalue weighted by Crippen LogP contribution is 2.12. The maximum absolute atomic E-state index is 11.8. The molecular formula is C17H19NO2S. The highest BCUT2D eigenvalue weighted by Gasteiger charge is 2.09. The SMILES string of the molecule is Cc1ccccc1CCNC(=O)CCC(=O)c1cccs1. The van der Waals surface area contributed by atoms with Crippen molar-refractivity contribution in [1.29, 1.82) is 0 Å². The van der Waals surface area contributed by atoms with E-state index in [4.69, 9.17) is 0 Å². The van der Waals surface area contributed by atoms with E-state index in [1.165, 1.54) is 22.5 Å². The summed E-state index contributed by atoms with van der Waals surface area (Å²) in [6, 6.07) is 11.8. The van der Waals surface area contributed by atoms with E-state index in [9.17, 15) is 9.59 Å². The van der Waals surface area contributed by atoms with E-state index in [1.807, 2.05) is 23.6 Å². The number of Topliss-reactive ketones (excluding diaryl/α,β-unsaturated/α-hetero) is 1. The molecule has 21 heavy (non-hydrogen) atoms. The van der Waals surface area contributed by atoms with E-state index < -0.39 is 0 Å². The second-order valence-electron chi connectivity index (χ2n) is 4.93. The van der Waals surface area contributed by atoms with Gasteiger partial charge in [0.05, 0.1) is 4.88 Å². The standard InChI is InChI=1S/C17H19NO2S/c1-13-5-2-3-6-14(13)10-11-18-17(20)9-8-15(19)16-7-4-12-21-16/h2-7,12H,8-11H2,1H3,(H,18,20). The molecule has 0 radical (unpaired) electrons. The predicted octanol–water partition coefficient (Wildman–Crippen LogP) is 3.38. The lowest BCUT2D eigenvalue weighted by Gasteiger charge is -2.07. The van der Waals surface area contributed by atoms with Crippen molar-refractivity contribution in [3.63, 3.8) is 0 Å². The zero-order chi connectivity index (χ0) is 15.1. The number of nitrogens with one attached hydrogen (secondary N) is 1. The summed E-state index contributed by atoms with van der Waals surface area (Å²) in [7, 11) is 0. The van der Waals surface area contributed by atoms with Crippen LogP contribution in [0.5, 0.6) is 0 Å². The van der Waals surface area contributed by atoms with Crippen molar-refractivity contribution in [2.45, 2.75) is 26.2 Å². The average molecular weight is 301 g/mol. The first-order valence-corrected chi connectivity index (χ1v) is 7.92. The molecule has 0 unspecified atom stereocenters. The van der Waals surface area contributed by atoms with Crippen molar-refractivity contribution >= 4 is 23.0 Å². The molecule has 1 N–H and O–H groups in total. The van der Waals surface area contributed by atoms with Gasteiger partial charge in [-0.05, 0) is 35.9 Å². The maximum atomic E-state index is 11.8. The van der Waals surface area contributed by atoms with Gasteiger partial charge in [0.2, 0.25) is 5.91 Å². The van der Waals surface area contributed by atoms with Crippen molar-refractivity contribution < 1.29 is 9.59 Å². The zero-order valence-electron chi connectivity index (χ0n) is 12.1. The van der Waals surface area contributed by atoms with Crippen LogP contribution in [0.4, 0.5) is 0 Å². The Morgan fingerprint density at radius 3 is 2.62 bits per heavy atom. The summed E-state index contributed by atoms with van der Waals surface area (Å²) < 4.78 is 0. The van der Waals surface area contributed by atoms with Gasteiger partial charge in [0.15, 0.2) is 5.78 Å². The van der Waals surface area contributed by atoms with E-state index in [2.05, 4.69) is 24.4 Å². The average Bonchev–Trinajstić information content (AvgIpc) is 3.01. The van der Waals surface area contributed by atoms with Gasteiger partial charge in [-0.2, -0.15) is 0 Å². The lowest BCUT2D eigenvalue weighted by Crippen LogP contribution is -2.26. The first-order chi connectivity index (χ1) is 10.2. The topological polar surface area (TPSA) is 46.2 Å². The number of carbonyl (C=O) groups is 2. The minimum absolute atomic E-state index is 0.0408. The van der Waals surface area contributed by atoms with Gasteiger partial charge in [0.25, 0.3) is 0 Å². The number of hydrogen-bond donors (Lipinski definition) is 1. The van der Waals surface area contributed by atoms with E-state index in [1.54, 1.807) is 6.07 Å². The van der Waals surface area contributed by atoms with Crippen LogP contribution in [0.2, 0.25) is 0 Å². The fraction of sp³-hybridized carbons (Fsp3) is 0.294. The highest BCUT2D eigenvalue weighted by atomic mass is 32.1. The minimum atomic E-state index is -0.0616. The summed E-state index contributed by atoms with van der Waals surface area (Å²) in [4.78, 5) is 24.2. The third-order valence-electron chi connectivity index (χ3n) is 3.35. The summed E-state index contributed by atoms with van der Waals surface area (Å²) in [5.41, 5.74) is 2.48. The fourth-order valence-electron chi connectivity index (χ4n) is 2.10. The Hall–Kier alpha value is -1.94. The summed E-state index contributed by atoms with van der Waals surface area (Å²) in [6.45, 7) is 2.67. The molecule has 2 aromatic rings. The molecule has 0 saturated heterocycles. The van der Waals surface area contributed by atoms with E-state index in [0.29, 0.717) is 6.54 Å². The molecule has 4 heteroatoms. The van der Waals surface area contributed by atoms with Crippen molar-refractivity contribution in [1.82, 2.24) is 5.32 Å². The Kier molecular flexibility index (Phi) is 5.69. The van der Waals surface area contributed by atoms with Crippen LogP contribution in [-0.2, 0) is 11.2 Å². The Morgan fingerprint density at radius 2 is 1.90 bits per heavy atom. The van der Waals surface area contributed by atoms with E-state index in [-0.39, 0.29) is 24.5 Å². The van der Waals surface area contributed by atoms with Crippen molar-refractivity contribution in [3.05, 3.63) is 57.8 Å². The summed E-state index contributed by atoms with van der Waals surface area (Å²) in [6.07, 6.45) is 1.35. The molecule has 1 aromatic carbocycles. The molecule has 0 aliphatic heterocycles. The Bertz CT molecular complexity index is 605. The molecule has 0 aliphatic carbocycles. The zero-order valence-corrected chi connectivity index (χ0v) is 12.9. The van der Waals surface area contributed by atoms with Crippen molar-refractivity contribution in [3.8, 4) is 0 Å². The van der Waals surface area contributed by atoms with Gasteiger partial charge >= 0.3 is 0 Å². The molecule has 0 atom stereocenters. The highest BCUT2D eigenvalue weighted by molar-refractivity contribution is 7.12. The number of thiophene rings is 1. The van der Waals surface area contributed by atoms with Gasteiger partial charge in [-0.3, -0.25) is 9.59 Å². The molecule has 1 heterocycles. The largest absolute Gasteiger partial charge is 0.356 e. The first kappa shape index (κ1) is 15.4. The number of ketones is 1. The second kappa shape index (κ2) is 7.74. The molecule has 0 fully saturated rings. The first-order valence-electron chi connectivity index (χ1n) is 7.04. The Balaban J connectivity index is 1.68. The summed E-state index contributed by atoms with van der Waals surface area (Å²) >= 11 is 1.42. The molecule has 3 nitrogen and oxygen atoms in total. The van der Waals surface area contributed by atoms with Crippen LogP contribution in [0, 0.1) is 6.92 Å². The number of aryl methyl sites for hydroxylation is 1. The normalized spacial score (nSPS) is 10.3. The lowest BCUT2D eigenvalue weighted by atomic mass is 10.1. The van der Waals surface area contributed by atoms with Crippen LogP contribution in [0.25, 0.3) is 0 Å². The van der Waals surface area contributed by atoms with E-state index in [0.717, 1.165) is 11.3 Å². The number of amides is 1. The molecule has 0 aliphatic rings. The molecule has 0 saturated carbocycles. The Morgan fingerprint density at radius 1 is 1.10 bits per heavy atom. The molecule has 2 rings (SSSR count). The number of benzene rings is 1. The Labute approximate surface area is 129 Å². The van der Waals surface area contributed by atoms with Gasteiger partial charge in [0, 0.05) is 19.4 Å². The van der Waals surface area contributed by atoms with E-state index >= 15 is 0 Å². The fourth-order valence-corrected chi connectivity index (χ4v) is 2.80. The predicted molar refractivity (Wildman–Crippen MR) is 85.8 cm³/mol. The van der Waals surface area contributed by atoms with Crippen LogP contribution in [0.3, 0.4) is 0 Å². The van der Waals surface area contributed by atoms with Gasteiger partial charge < -0.3 is 5.32 Å². The van der Waals surface area contributed by atoms with Crippen LogP contribution in [-0.4, -0.2) is 18.2 Å². The maximum Gasteiger partial charge on any atom is 0.220 e. The molecule has 0 bridgehead atoms. The lowest BCUT2D eigenvalue weighted by molar-refractivity contribution is -0.121. The third kappa shape index (κ3) is 4.83. The molecule has 1 aromatic heterocycles. The van der Waals surface area contributed by atoms with Gasteiger partial charge in [-0.1, -0.05) is 30.3 Å². The van der Waals surface area contributed by atoms with Crippen molar-refractivity contribution in [2.75, 3.05) is 6.54 Å². The quantitative estimate of drug-likeness (QED) is 0.797. The molecule has 0 spiro atoms. The second-order valence-corrected chi connectivity index (χ2v) is 5.87. The smallest absolute Gasteiger partial charge is 0.220 e. The van der Waals surface area contributed by atoms with Crippen LogP contribution in [0.1, 0.15) is 33.6 Å². The summed E-state index contributed by atoms with van der Waals surface area (Å²) in [5.74, 6) is -0.0208. The molecule has 110 valence electrons. The van der Waals surface area contributed by atoms with Crippen molar-refractivity contribution in [2.24, 2.45) is 0 Å².